The van der Waals surface area contributed by atoms with Crippen LogP contribution in [-0.2, 0) is 4.79 Å². The average molecular weight is 233 g/mol. The number of nitrogens with two attached hydrogens (primary N) is 1. The fourth-order valence-corrected chi connectivity index (χ4v) is 1.23. The SMILES string of the molecule is C[C@H](N)c1cccc(OCC(=O)NCC#N)c1. The first kappa shape index (κ1) is 13.0. The molecular formula is C12H15N3O2. The van der Waals surface area contributed by atoms with Crippen LogP contribution < -0.4 is 15.8 Å². The molecule has 0 aliphatic heterocycles. The number of nitriles is 1. The molecule has 1 atom stereocenters. The van der Waals surface area contributed by atoms with E-state index in [1.807, 2.05) is 25.1 Å². The van der Waals surface area contributed by atoms with E-state index in [4.69, 9.17) is 15.7 Å². The fourth-order valence-electron chi connectivity index (χ4n) is 1.23. The molecule has 0 aromatic heterocycles. The summed E-state index contributed by atoms with van der Waals surface area (Å²) in [5.41, 5.74) is 6.68. The van der Waals surface area contributed by atoms with Crippen molar-refractivity contribution in [3.63, 3.8) is 0 Å². The number of nitrogens with zero attached hydrogens (tertiary/aromatic N) is 1. The number of hydrogen-bond donors (Lipinski definition) is 2. The van der Waals surface area contributed by atoms with E-state index in [0.717, 1.165) is 5.56 Å². The Morgan fingerprint density at radius 3 is 3.06 bits per heavy atom. The van der Waals surface area contributed by atoms with Gasteiger partial charge in [0.25, 0.3) is 5.91 Å². The van der Waals surface area contributed by atoms with Crippen molar-refractivity contribution in [1.82, 2.24) is 5.32 Å². The Bertz CT molecular complexity index is 424. The number of benzene rings is 1. The van der Waals surface area contributed by atoms with Crippen LogP contribution in [0.1, 0.15) is 18.5 Å². The largest absolute Gasteiger partial charge is 0.484 e. The number of rotatable bonds is 5. The molecule has 0 heterocycles. The van der Waals surface area contributed by atoms with Crippen molar-refractivity contribution in [2.45, 2.75) is 13.0 Å². The van der Waals surface area contributed by atoms with Gasteiger partial charge in [0.1, 0.15) is 12.3 Å². The first-order chi connectivity index (χ1) is 8.13. The fraction of sp³-hybridized carbons (Fsp3) is 0.333. The summed E-state index contributed by atoms with van der Waals surface area (Å²) >= 11 is 0. The molecule has 1 aromatic rings. The van der Waals surface area contributed by atoms with Crippen LogP contribution in [-0.4, -0.2) is 19.1 Å². The maximum absolute atomic E-state index is 11.2. The van der Waals surface area contributed by atoms with E-state index in [1.165, 1.54) is 0 Å². The molecule has 17 heavy (non-hydrogen) atoms. The quantitative estimate of drug-likeness (QED) is 0.734. The molecule has 0 aliphatic rings. The van der Waals surface area contributed by atoms with Crippen molar-refractivity contribution >= 4 is 5.91 Å². The average Bonchev–Trinajstić information content (AvgIpc) is 2.34. The van der Waals surface area contributed by atoms with Crippen molar-refractivity contribution in [2.75, 3.05) is 13.2 Å². The summed E-state index contributed by atoms with van der Waals surface area (Å²) < 4.78 is 5.28. The highest BCUT2D eigenvalue weighted by Crippen LogP contribution is 2.17. The molecule has 0 bridgehead atoms. The van der Waals surface area contributed by atoms with Gasteiger partial charge in [-0.05, 0) is 24.6 Å². The van der Waals surface area contributed by atoms with Crippen LogP contribution in [0.15, 0.2) is 24.3 Å². The summed E-state index contributed by atoms with van der Waals surface area (Å²) in [5, 5.41) is 10.7. The Morgan fingerprint density at radius 1 is 1.65 bits per heavy atom. The Kier molecular flexibility index (Phi) is 4.98. The van der Waals surface area contributed by atoms with Gasteiger partial charge in [0.2, 0.25) is 0 Å². The Labute approximate surface area is 100 Å². The summed E-state index contributed by atoms with van der Waals surface area (Å²) in [6.07, 6.45) is 0. The second-order valence-electron chi connectivity index (χ2n) is 3.58. The predicted molar refractivity (Wildman–Crippen MR) is 63.2 cm³/mol. The molecule has 5 heteroatoms. The van der Waals surface area contributed by atoms with Gasteiger partial charge in [-0.15, -0.1) is 0 Å². The first-order valence-electron chi connectivity index (χ1n) is 5.25. The lowest BCUT2D eigenvalue weighted by Gasteiger charge is -2.09. The third-order valence-corrected chi connectivity index (χ3v) is 2.12. The minimum Gasteiger partial charge on any atom is -0.484 e. The Balaban J connectivity index is 2.49. The van der Waals surface area contributed by atoms with Crippen LogP contribution in [0.3, 0.4) is 0 Å². The second-order valence-corrected chi connectivity index (χ2v) is 3.58. The second kappa shape index (κ2) is 6.51. The van der Waals surface area contributed by atoms with E-state index in [1.54, 1.807) is 12.1 Å². The minimum atomic E-state index is -0.322. The molecule has 1 aromatic carbocycles. The maximum Gasteiger partial charge on any atom is 0.258 e. The predicted octanol–water partition coefficient (Wildman–Crippen LogP) is 0.725. The van der Waals surface area contributed by atoms with Crippen LogP contribution in [0.25, 0.3) is 0 Å². The van der Waals surface area contributed by atoms with Crippen molar-refractivity contribution in [1.29, 1.82) is 5.26 Å². The number of nitrogens with one attached hydrogen (secondary N) is 1. The van der Waals surface area contributed by atoms with Crippen LogP contribution in [0.2, 0.25) is 0 Å². The smallest absolute Gasteiger partial charge is 0.258 e. The summed E-state index contributed by atoms with van der Waals surface area (Å²) in [6.45, 7) is 1.75. The molecule has 0 saturated heterocycles. The highest BCUT2D eigenvalue weighted by Gasteiger charge is 2.04. The van der Waals surface area contributed by atoms with Crippen LogP contribution >= 0.6 is 0 Å². The lowest BCUT2D eigenvalue weighted by atomic mass is 10.1. The van der Waals surface area contributed by atoms with Crippen molar-refractivity contribution < 1.29 is 9.53 Å². The van der Waals surface area contributed by atoms with Gasteiger partial charge in [-0.3, -0.25) is 4.79 Å². The highest BCUT2D eigenvalue weighted by molar-refractivity contribution is 5.77. The van der Waals surface area contributed by atoms with Gasteiger partial charge in [-0.2, -0.15) is 5.26 Å². The van der Waals surface area contributed by atoms with Gasteiger partial charge in [0.05, 0.1) is 6.07 Å². The molecule has 5 nitrogen and oxygen atoms in total. The molecule has 0 aliphatic carbocycles. The monoisotopic (exact) mass is 233 g/mol. The number of amides is 1. The van der Waals surface area contributed by atoms with E-state index < -0.39 is 0 Å². The van der Waals surface area contributed by atoms with Crippen molar-refractivity contribution in [2.24, 2.45) is 5.73 Å². The van der Waals surface area contributed by atoms with Crippen molar-refractivity contribution in [3.8, 4) is 11.8 Å². The zero-order chi connectivity index (χ0) is 12.7. The summed E-state index contributed by atoms with van der Waals surface area (Å²) in [4.78, 5) is 11.2. The molecule has 90 valence electrons. The molecular weight excluding hydrogens is 218 g/mol. The lowest BCUT2D eigenvalue weighted by Crippen LogP contribution is -2.29. The number of carbonyl (C=O) groups excluding carboxylic acids is 1. The zero-order valence-corrected chi connectivity index (χ0v) is 9.64. The van der Waals surface area contributed by atoms with E-state index >= 15 is 0 Å². The molecule has 1 amide bonds. The molecule has 0 fully saturated rings. The third-order valence-electron chi connectivity index (χ3n) is 2.12. The maximum atomic E-state index is 11.2. The van der Waals surface area contributed by atoms with Gasteiger partial charge in [0, 0.05) is 6.04 Å². The molecule has 0 unspecified atom stereocenters. The van der Waals surface area contributed by atoms with E-state index in [9.17, 15) is 4.79 Å². The van der Waals surface area contributed by atoms with Gasteiger partial charge in [-0.25, -0.2) is 0 Å². The van der Waals surface area contributed by atoms with Gasteiger partial charge in [-0.1, -0.05) is 12.1 Å². The summed E-state index contributed by atoms with van der Waals surface area (Å²) in [7, 11) is 0. The normalized spacial score (nSPS) is 11.4. The third kappa shape index (κ3) is 4.53. The standard InChI is InChI=1S/C12H15N3O2/c1-9(14)10-3-2-4-11(7-10)17-8-12(16)15-6-5-13/h2-4,7,9H,6,8,14H2,1H3,(H,15,16)/t9-/m0/s1. The zero-order valence-electron chi connectivity index (χ0n) is 9.64. The Morgan fingerprint density at radius 2 is 2.41 bits per heavy atom. The topological polar surface area (TPSA) is 88.1 Å². The van der Waals surface area contributed by atoms with Crippen LogP contribution in [0, 0.1) is 11.3 Å². The molecule has 0 spiro atoms. The molecule has 1 rings (SSSR count). The number of hydrogen-bond acceptors (Lipinski definition) is 4. The van der Waals surface area contributed by atoms with E-state index in [2.05, 4.69) is 5.32 Å². The summed E-state index contributed by atoms with van der Waals surface area (Å²) in [5.74, 6) is 0.268. The van der Waals surface area contributed by atoms with Gasteiger partial charge in [0.15, 0.2) is 6.61 Å². The van der Waals surface area contributed by atoms with Crippen LogP contribution in [0.5, 0.6) is 5.75 Å². The number of ether oxygens (including phenoxy) is 1. The summed E-state index contributed by atoms with van der Waals surface area (Å²) in [6, 6.07) is 9.00. The van der Waals surface area contributed by atoms with Crippen molar-refractivity contribution in [3.05, 3.63) is 29.8 Å². The first-order valence-corrected chi connectivity index (χ1v) is 5.25. The van der Waals surface area contributed by atoms with Gasteiger partial charge < -0.3 is 15.8 Å². The highest BCUT2D eigenvalue weighted by atomic mass is 16.5. The molecule has 0 radical (unpaired) electrons. The number of carbonyl (C=O) groups is 1. The molecule has 0 saturated carbocycles. The van der Waals surface area contributed by atoms with Crippen LogP contribution in [0.4, 0.5) is 0 Å². The van der Waals surface area contributed by atoms with Gasteiger partial charge >= 0.3 is 0 Å². The van der Waals surface area contributed by atoms with E-state index in [0.29, 0.717) is 5.75 Å². The molecule has 3 N–H and O–H groups in total. The van der Waals surface area contributed by atoms with E-state index in [-0.39, 0.29) is 25.1 Å². The Hall–Kier alpha value is -2.06. The minimum absolute atomic E-state index is 0.0118. The lowest BCUT2D eigenvalue weighted by molar-refractivity contribution is -0.122.